The summed E-state index contributed by atoms with van der Waals surface area (Å²) in [6, 6.07) is -0.387. The van der Waals surface area contributed by atoms with E-state index in [9.17, 15) is 14.4 Å². The number of rotatable bonds is 4. The topological polar surface area (TPSA) is 78.5 Å². The van der Waals surface area contributed by atoms with Gasteiger partial charge in [-0.25, -0.2) is 4.79 Å². The van der Waals surface area contributed by atoms with Gasteiger partial charge in [-0.05, 0) is 12.8 Å². The maximum atomic E-state index is 11.8. The van der Waals surface area contributed by atoms with Crippen molar-refractivity contribution in [2.75, 3.05) is 19.6 Å². The van der Waals surface area contributed by atoms with Crippen LogP contribution in [-0.2, 0) is 9.59 Å². The first-order valence-electron chi connectivity index (χ1n) is 6.40. The fourth-order valence-electron chi connectivity index (χ4n) is 2.00. The molecule has 1 fully saturated rings. The van der Waals surface area contributed by atoms with E-state index in [1.807, 2.05) is 18.2 Å². The molecule has 6 nitrogen and oxygen atoms in total. The highest BCUT2D eigenvalue weighted by atomic mass is 16.2. The van der Waals surface area contributed by atoms with Crippen molar-refractivity contribution in [1.29, 1.82) is 0 Å². The summed E-state index contributed by atoms with van der Waals surface area (Å²) in [7, 11) is 0. The third-order valence-corrected chi connectivity index (χ3v) is 3.07. The maximum Gasteiger partial charge on any atom is 0.324 e. The molecule has 0 radical (unpaired) electrons. The van der Waals surface area contributed by atoms with E-state index in [-0.39, 0.29) is 17.8 Å². The lowest BCUT2D eigenvalue weighted by Gasteiger charge is -2.26. The van der Waals surface area contributed by atoms with Gasteiger partial charge in [0.2, 0.25) is 5.91 Å². The van der Waals surface area contributed by atoms with Gasteiger partial charge in [-0.1, -0.05) is 18.2 Å². The van der Waals surface area contributed by atoms with E-state index < -0.39 is 0 Å². The van der Waals surface area contributed by atoms with Crippen LogP contribution >= 0.6 is 0 Å². The van der Waals surface area contributed by atoms with Gasteiger partial charge in [0, 0.05) is 31.6 Å². The van der Waals surface area contributed by atoms with Gasteiger partial charge in [0.25, 0.3) is 5.91 Å². The Kier molecular flexibility index (Phi) is 4.33. The molecule has 102 valence electrons. The predicted molar refractivity (Wildman–Crippen MR) is 69.2 cm³/mol. The Bertz CT molecular complexity index is 454. The summed E-state index contributed by atoms with van der Waals surface area (Å²) in [5.74, 6) is -0.368. The van der Waals surface area contributed by atoms with E-state index in [4.69, 9.17) is 0 Å². The Morgan fingerprint density at radius 2 is 2.21 bits per heavy atom. The summed E-state index contributed by atoms with van der Waals surface area (Å²) >= 11 is 0. The van der Waals surface area contributed by atoms with Crippen molar-refractivity contribution in [3.05, 3.63) is 23.8 Å². The number of amides is 4. The van der Waals surface area contributed by atoms with Gasteiger partial charge in [0.05, 0.1) is 0 Å². The molecule has 0 aromatic carbocycles. The molecular formula is C13H17N3O3. The molecule has 4 amide bonds. The molecule has 1 aliphatic heterocycles. The van der Waals surface area contributed by atoms with Crippen molar-refractivity contribution in [3.63, 3.8) is 0 Å². The lowest BCUT2D eigenvalue weighted by molar-refractivity contribution is -0.121. The van der Waals surface area contributed by atoms with Gasteiger partial charge in [0.1, 0.15) is 0 Å². The number of allylic oxidation sites excluding steroid dienone is 2. The Labute approximate surface area is 111 Å². The minimum absolute atomic E-state index is 0.121. The van der Waals surface area contributed by atoms with Gasteiger partial charge in [-0.15, -0.1) is 0 Å². The third kappa shape index (κ3) is 3.67. The number of nitrogens with one attached hydrogen (secondary N) is 2. The lowest BCUT2D eigenvalue weighted by atomic mass is 10.1. The molecule has 2 rings (SSSR count). The van der Waals surface area contributed by atoms with Crippen LogP contribution in [-0.4, -0.2) is 42.4 Å². The molecule has 0 aromatic rings. The standard InChI is InChI=1S/C13H17N3O3/c17-11-6-8-16(13(19)15-11)9-7-14-12(18)10-4-2-1-3-5-10/h2,4-5H,1,3,6-9H2,(H,14,18)(H,15,17,19). The minimum Gasteiger partial charge on any atom is -0.350 e. The van der Waals surface area contributed by atoms with Gasteiger partial charge in [-0.3, -0.25) is 14.9 Å². The molecular weight excluding hydrogens is 246 g/mol. The van der Waals surface area contributed by atoms with Crippen molar-refractivity contribution in [1.82, 2.24) is 15.5 Å². The minimum atomic E-state index is -0.387. The van der Waals surface area contributed by atoms with Crippen molar-refractivity contribution >= 4 is 17.8 Å². The summed E-state index contributed by atoms with van der Waals surface area (Å²) < 4.78 is 0. The van der Waals surface area contributed by atoms with Crippen LogP contribution < -0.4 is 10.6 Å². The van der Waals surface area contributed by atoms with Crippen LogP contribution in [0.2, 0.25) is 0 Å². The number of imide groups is 1. The molecule has 0 atom stereocenters. The SMILES string of the molecule is O=C1CCN(CCNC(=O)C2=CCCC=C2)C(=O)N1. The van der Waals surface area contributed by atoms with Crippen LogP contribution in [0.5, 0.6) is 0 Å². The number of urea groups is 1. The van der Waals surface area contributed by atoms with E-state index in [0.717, 1.165) is 12.8 Å². The zero-order valence-electron chi connectivity index (χ0n) is 10.6. The molecule has 0 aromatic heterocycles. The van der Waals surface area contributed by atoms with Crippen LogP contribution in [0.15, 0.2) is 23.8 Å². The van der Waals surface area contributed by atoms with Gasteiger partial charge in [0.15, 0.2) is 0 Å². The summed E-state index contributed by atoms with van der Waals surface area (Å²) in [5.41, 5.74) is 0.671. The highest BCUT2D eigenvalue weighted by Gasteiger charge is 2.22. The normalized spacial score (nSPS) is 18.9. The monoisotopic (exact) mass is 263 g/mol. The van der Waals surface area contributed by atoms with Crippen LogP contribution in [0.25, 0.3) is 0 Å². The largest absolute Gasteiger partial charge is 0.350 e. The molecule has 2 N–H and O–H groups in total. The second-order valence-electron chi connectivity index (χ2n) is 4.49. The lowest BCUT2D eigenvalue weighted by Crippen LogP contribution is -2.51. The van der Waals surface area contributed by atoms with E-state index in [0.29, 0.717) is 31.6 Å². The first kappa shape index (κ1) is 13.3. The van der Waals surface area contributed by atoms with Crippen LogP contribution in [0, 0.1) is 0 Å². The molecule has 0 unspecified atom stereocenters. The fraction of sp³-hybridized carbons (Fsp3) is 0.462. The number of nitrogens with zero attached hydrogens (tertiary/aromatic N) is 1. The van der Waals surface area contributed by atoms with E-state index in [1.165, 1.54) is 4.90 Å². The second kappa shape index (κ2) is 6.17. The van der Waals surface area contributed by atoms with Crippen LogP contribution in [0.3, 0.4) is 0 Å². The highest BCUT2D eigenvalue weighted by molar-refractivity contribution is 5.97. The summed E-state index contributed by atoms with van der Waals surface area (Å²) in [4.78, 5) is 35.7. The Hall–Kier alpha value is -2.11. The Morgan fingerprint density at radius 1 is 1.37 bits per heavy atom. The summed E-state index contributed by atoms with van der Waals surface area (Å²) in [5, 5.41) is 5.01. The van der Waals surface area contributed by atoms with Crippen LogP contribution in [0.4, 0.5) is 4.79 Å². The summed E-state index contributed by atoms with van der Waals surface area (Å²) in [6.45, 7) is 1.19. The second-order valence-corrected chi connectivity index (χ2v) is 4.49. The highest BCUT2D eigenvalue weighted by Crippen LogP contribution is 2.09. The van der Waals surface area contributed by atoms with Gasteiger partial charge in [-0.2, -0.15) is 0 Å². The van der Waals surface area contributed by atoms with E-state index in [2.05, 4.69) is 10.6 Å². The third-order valence-electron chi connectivity index (χ3n) is 3.07. The molecule has 0 bridgehead atoms. The molecule has 1 saturated heterocycles. The average Bonchev–Trinajstić information content (AvgIpc) is 2.42. The molecule has 1 aliphatic carbocycles. The first-order valence-corrected chi connectivity index (χ1v) is 6.40. The maximum absolute atomic E-state index is 11.8. The smallest absolute Gasteiger partial charge is 0.324 e. The number of hydrogen-bond donors (Lipinski definition) is 2. The quantitative estimate of drug-likeness (QED) is 0.766. The predicted octanol–water partition coefficient (Wildman–Crippen LogP) is 0.321. The number of carbonyl (C=O) groups excluding carboxylic acids is 3. The number of carbonyl (C=O) groups is 3. The fourth-order valence-corrected chi connectivity index (χ4v) is 2.00. The zero-order chi connectivity index (χ0) is 13.7. The van der Waals surface area contributed by atoms with Crippen LogP contribution in [0.1, 0.15) is 19.3 Å². The molecule has 1 heterocycles. The van der Waals surface area contributed by atoms with E-state index in [1.54, 1.807) is 0 Å². The number of hydrogen-bond acceptors (Lipinski definition) is 3. The molecule has 6 heteroatoms. The van der Waals surface area contributed by atoms with E-state index >= 15 is 0 Å². The van der Waals surface area contributed by atoms with Gasteiger partial charge >= 0.3 is 6.03 Å². The van der Waals surface area contributed by atoms with Crippen molar-refractivity contribution < 1.29 is 14.4 Å². The van der Waals surface area contributed by atoms with Crippen molar-refractivity contribution in [2.45, 2.75) is 19.3 Å². The van der Waals surface area contributed by atoms with Crippen molar-refractivity contribution in [3.8, 4) is 0 Å². The molecule has 2 aliphatic rings. The first-order chi connectivity index (χ1) is 9.16. The molecule has 0 spiro atoms. The molecule has 0 saturated carbocycles. The van der Waals surface area contributed by atoms with Crippen molar-refractivity contribution in [2.24, 2.45) is 0 Å². The Morgan fingerprint density at radius 3 is 2.89 bits per heavy atom. The average molecular weight is 263 g/mol. The molecule has 19 heavy (non-hydrogen) atoms. The summed E-state index contributed by atoms with van der Waals surface area (Å²) in [6.07, 6.45) is 7.85. The van der Waals surface area contributed by atoms with Gasteiger partial charge < -0.3 is 10.2 Å². The Balaban J connectivity index is 1.73. The zero-order valence-corrected chi connectivity index (χ0v) is 10.6.